The number of amides is 1. The van der Waals surface area contributed by atoms with Crippen LogP contribution in [0.25, 0.3) is 11.1 Å². The van der Waals surface area contributed by atoms with Gasteiger partial charge in [0.15, 0.2) is 0 Å². The second-order valence-electron chi connectivity index (χ2n) is 5.13. The molecule has 0 spiro atoms. The Balaban J connectivity index is 2.30. The van der Waals surface area contributed by atoms with Crippen molar-refractivity contribution in [2.75, 3.05) is 27.2 Å². The third-order valence-electron chi connectivity index (χ3n) is 3.20. The molecule has 2 rings (SSSR count). The molecule has 0 radical (unpaired) electrons. The van der Waals surface area contributed by atoms with E-state index in [1.807, 2.05) is 27.0 Å². The Kier molecular flexibility index (Phi) is 4.34. The van der Waals surface area contributed by atoms with Crippen LogP contribution in [-0.4, -0.2) is 48.1 Å². The van der Waals surface area contributed by atoms with Crippen molar-refractivity contribution in [3.05, 3.63) is 23.5 Å². The van der Waals surface area contributed by atoms with Gasteiger partial charge in [-0.15, -0.1) is 0 Å². The lowest BCUT2D eigenvalue weighted by Gasteiger charge is -2.16. The van der Waals surface area contributed by atoms with E-state index >= 15 is 0 Å². The maximum Gasteiger partial charge on any atom is 0.257 e. The molecular formula is C14H20N4O2. The first-order chi connectivity index (χ1) is 9.54. The summed E-state index contributed by atoms with van der Waals surface area (Å²) in [5.41, 5.74) is 1.87. The standard InChI is InChI=1S/C14H20N4O2/c1-9(2)12-11-7-10(8-16-13(11)20-17-12)14(19)18(4)6-5-15-3/h7-9,15H,5-6H2,1-4H3. The molecule has 2 heterocycles. The summed E-state index contributed by atoms with van der Waals surface area (Å²) >= 11 is 0. The highest BCUT2D eigenvalue weighted by atomic mass is 16.5. The summed E-state index contributed by atoms with van der Waals surface area (Å²) in [5.74, 6) is 0.177. The number of hydrogen-bond donors (Lipinski definition) is 1. The highest BCUT2D eigenvalue weighted by Gasteiger charge is 2.17. The molecule has 108 valence electrons. The van der Waals surface area contributed by atoms with Crippen molar-refractivity contribution < 1.29 is 9.32 Å². The van der Waals surface area contributed by atoms with Crippen molar-refractivity contribution in [1.82, 2.24) is 20.4 Å². The number of likely N-dealkylation sites (N-methyl/N-ethyl adjacent to an activating group) is 2. The number of rotatable bonds is 5. The maximum atomic E-state index is 12.3. The molecule has 2 aromatic heterocycles. The van der Waals surface area contributed by atoms with Gasteiger partial charge in [-0.25, -0.2) is 4.98 Å². The molecule has 2 aromatic rings. The summed E-state index contributed by atoms with van der Waals surface area (Å²) in [5, 5.41) is 7.85. The minimum atomic E-state index is -0.0504. The molecule has 20 heavy (non-hydrogen) atoms. The molecule has 1 N–H and O–H groups in total. The van der Waals surface area contributed by atoms with Crippen molar-refractivity contribution in [2.24, 2.45) is 0 Å². The molecule has 0 aromatic carbocycles. The summed E-state index contributed by atoms with van der Waals surface area (Å²) in [6.07, 6.45) is 1.54. The number of aromatic nitrogens is 2. The third-order valence-corrected chi connectivity index (χ3v) is 3.20. The monoisotopic (exact) mass is 276 g/mol. The van der Waals surface area contributed by atoms with Crippen LogP contribution < -0.4 is 5.32 Å². The second kappa shape index (κ2) is 6.00. The van der Waals surface area contributed by atoms with E-state index in [4.69, 9.17) is 4.52 Å². The number of nitrogens with zero attached hydrogens (tertiary/aromatic N) is 3. The Morgan fingerprint density at radius 2 is 2.25 bits per heavy atom. The Morgan fingerprint density at radius 1 is 1.50 bits per heavy atom. The Hall–Kier alpha value is -1.95. The molecule has 0 aliphatic carbocycles. The van der Waals surface area contributed by atoms with Crippen molar-refractivity contribution >= 4 is 17.0 Å². The topological polar surface area (TPSA) is 71.3 Å². The molecule has 0 unspecified atom stereocenters. The molecule has 6 nitrogen and oxygen atoms in total. The van der Waals surface area contributed by atoms with E-state index in [9.17, 15) is 4.79 Å². The number of nitrogens with one attached hydrogen (secondary N) is 1. The van der Waals surface area contributed by atoms with E-state index in [1.165, 1.54) is 6.20 Å². The van der Waals surface area contributed by atoms with Gasteiger partial charge in [0.05, 0.1) is 16.6 Å². The van der Waals surface area contributed by atoms with E-state index in [2.05, 4.69) is 15.5 Å². The molecule has 6 heteroatoms. The Morgan fingerprint density at radius 3 is 2.90 bits per heavy atom. The van der Waals surface area contributed by atoms with Crippen LogP contribution in [0.15, 0.2) is 16.8 Å². The molecule has 0 aliphatic heterocycles. The smallest absolute Gasteiger partial charge is 0.257 e. The summed E-state index contributed by atoms with van der Waals surface area (Å²) in [6.45, 7) is 5.46. The lowest BCUT2D eigenvalue weighted by Crippen LogP contribution is -2.32. The molecule has 0 atom stereocenters. The molecule has 0 bridgehead atoms. The number of pyridine rings is 1. The largest absolute Gasteiger partial charge is 0.340 e. The number of carbonyl (C=O) groups excluding carboxylic acids is 1. The summed E-state index contributed by atoms with van der Waals surface area (Å²) < 4.78 is 5.17. The summed E-state index contributed by atoms with van der Waals surface area (Å²) in [6, 6.07) is 1.81. The fourth-order valence-corrected chi connectivity index (χ4v) is 1.98. The van der Waals surface area contributed by atoms with E-state index in [0.717, 1.165) is 17.6 Å². The molecule has 0 saturated carbocycles. The van der Waals surface area contributed by atoms with Gasteiger partial charge in [0.2, 0.25) is 0 Å². The van der Waals surface area contributed by atoms with Gasteiger partial charge in [0, 0.05) is 26.3 Å². The van der Waals surface area contributed by atoms with Crippen molar-refractivity contribution in [1.29, 1.82) is 0 Å². The molecule has 0 fully saturated rings. The lowest BCUT2D eigenvalue weighted by molar-refractivity contribution is 0.0796. The van der Waals surface area contributed by atoms with Gasteiger partial charge in [0.25, 0.3) is 11.6 Å². The van der Waals surface area contributed by atoms with Crippen LogP contribution in [0, 0.1) is 0 Å². The number of carbonyl (C=O) groups is 1. The molecule has 1 amide bonds. The fraction of sp³-hybridized carbons (Fsp3) is 0.500. The minimum Gasteiger partial charge on any atom is -0.340 e. The Bertz CT molecular complexity index is 606. The zero-order chi connectivity index (χ0) is 14.7. The quantitative estimate of drug-likeness (QED) is 0.899. The van der Waals surface area contributed by atoms with Crippen LogP contribution >= 0.6 is 0 Å². The average molecular weight is 276 g/mol. The van der Waals surface area contributed by atoms with Crippen molar-refractivity contribution in [2.45, 2.75) is 19.8 Å². The number of fused-ring (bicyclic) bond motifs is 1. The van der Waals surface area contributed by atoms with Gasteiger partial charge in [-0.3, -0.25) is 4.79 Å². The van der Waals surface area contributed by atoms with Gasteiger partial charge < -0.3 is 14.7 Å². The van der Waals surface area contributed by atoms with Gasteiger partial charge in [-0.1, -0.05) is 19.0 Å². The minimum absolute atomic E-state index is 0.0504. The second-order valence-corrected chi connectivity index (χ2v) is 5.13. The summed E-state index contributed by atoms with van der Waals surface area (Å²) in [4.78, 5) is 18.1. The van der Waals surface area contributed by atoms with Gasteiger partial charge in [0.1, 0.15) is 0 Å². The van der Waals surface area contributed by atoms with Gasteiger partial charge in [-0.2, -0.15) is 0 Å². The van der Waals surface area contributed by atoms with Crippen LogP contribution in [0.5, 0.6) is 0 Å². The molecule has 0 saturated heterocycles. The third kappa shape index (κ3) is 2.80. The van der Waals surface area contributed by atoms with E-state index in [-0.39, 0.29) is 11.8 Å². The first-order valence-corrected chi connectivity index (χ1v) is 6.70. The van der Waals surface area contributed by atoms with Crippen LogP contribution in [0.3, 0.4) is 0 Å². The normalized spacial score (nSPS) is 11.2. The first kappa shape index (κ1) is 14.5. The predicted molar refractivity (Wildman–Crippen MR) is 76.8 cm³/mol. The van der Waals surface area contributed by atoms with Crippen molar-refractivity contribution in [3.63, 3.8) is 0 Å². The fourth-order valence-electron chi connectivity index (χ4n) is 1.98. The van der Waals surface area contributed by atoms with E-state index < -0.39 is 0 Å². The predicted octanol–water partition coefficient (Wildman–Crippen LogP) is 1.64. The van der Waals surface area contributed by atoms with E-state index in [1.54, 1.807) is 11.9 Å². The number of hydrogen-bond acceptors (Lipinski definition) is 5. The zero-order valence-electron chi connectivity index (χ0n) is 12.3. The maximum absolute atomic E-state index is 12.3. The first-order valence-electron chi connectivity index (χ1n) is 6.70. The van der Waals surface area contributed by atoms with E-state index in [0.29, 0.717) is 17.8 Å². The van der Waals surface area contributed by atoms with Crippen LogP contribution in [0.4, 0.5) is 0 Å². The molecular weight excluding hydrogens is 256 g/mol. The van der Waals surface area contributed by atoms with Crippen LogP contribution in [0.2, 0.25) is 0 Å². The zero-order valence-corrected chi connectivity index (χ0v) is 12.3. The average Bonchev–Trinajstić information content (AvgIpc) is 2.86. The highest BCUT2D eigenvalue weighted by Crippen LogP contribution is 2.24. The molecule has 0 aliphatic rings. The summed E-state index contributed by atoms with van der Waals surface area (Å²) in [7, 11) is 3.64. The van der Waals surface area contributed by atoms with Crippen LogP contribution in [0.1, 0.15) is 35.8 Å². The van der Waals surface area contributed by atoms with Crippen LogP contribution in [-0.2, 0) is 0 Å². The van der Waals surface area contributed by atoms with Crippen molar-refractivity contribution in [3.8, 4) is 0 Å². The Labute approximate surface area is 118 Å². The highest BCUT2D eigenvalue weighted by molar-refractivity contribution is 5.96. The van der Waals surface area contributed by atoms with Gasteiger partial charge >= 0.3 is 0 Å². The lowest BCUT2D eigenvalue weighted by atomic mass is 10.1. The SMILES string of the molecule is CNCCN(C)C(=O)c1cnc2onc(C(C)C)c2c1. The van der Waals surface area contributed by atoms with Gasteiger partial charge in [-0.05, 0) is 19.0 Å².